The summed E-state index contributed by atoms with van der Waals surface area (Å²) in [4.78, 5) is 20.1. The second-order valence-corrected chi connectivity index (χ2v) is 10.3. The van der Waals surface area contributed by atoms with Gasteiger partial charge in [-0.3, -0.25) is 4.79 Å². The average Bonchev–Trinajstić information content (AvgIpc) is 3.08. The maximum atomic E-state index is 13.1. The zero-order valence-electron chi connectivity index (χ0n) is 16.9. The Bertz CT molecular complexity index is 1190. The fourth-order valence-electron chi connectivity index (χ4n) is 2.75. The van der Waals surface area contributed by atoms with Crippen LogP contribution in [-0.2, 0) is 19.4 Å². The molecule has 0 spiro atoms. The number of sulfone groups is 1. The quantitative estimate of drug-likeness (QED) is 0.507. The molecule has 0 saturated carbocycles. The van der Waals surface area contributed by atoms with E-state index in [1.807, 2.05) is 0 Å². The van der Waals surface area contributed by atoms with Crippen LogP contribution in [0.25, 0.3) is 0 Å². The number of hydrogen-bond donors (Lipinski definition) is 1. The van der Waals surface area contributed by atoms with Crippen molar-refractivity contribution in [2.24, 2.45) is 15.4 Å². The van der Waals surface area contributed by atoms with E-state index in [4.69, 9.17) is 14.2 Å². The van der Waals surface area contributed by atoms with Crippen LogP contribution in [0, 0.1) is 5.41 Å². The standard InChI is InChI=1S/C20H22N2O6S2/c1-19(2,18(23)27-4)12-28-13-5-8-15(9-6-13)30(24,25)20(29)21-16-10-7-14(26-3)11-17(16)22-20/h5-11,29H,12H2,1-4H3. The molecule has 0 amide bonds. The molecule has 8 nitrogen and oxygen atoms in total. The van der Waals surface area contributed by atoms with E-state index < -0.39 is 25.5 Å². The molecule has 0 fully saturated rings. The van der Waals surface area contributed by atoms with Gasteiger partial charge >= 0.3 is 10.3 Å². The number of benzene rings is 2. The van der Waals surface area contributed by atoms with E-state index in [9.17, 15) is 13.2 Å². The molecule has 2 aromatic rings. The molecule has 0 aromatic heterocycles. The minimum atomic E-state index is -4.04. The van der Waals surface area contributed by atoms with Crippen molar-refractivity contribution in [1.29, 1.82) is 0 Å². The van der Waals surface area contributed by atoms with Crippen molar-refractivity contribution in [3.8, 4) is 11.5 Å². The number of nitrogens with zero attached hydrogens (tertiary/aromatic N) is 2. The van der Waals surface area contributed by atoms with E-state index in [0.29, 0.717) is 22.2 Å². The average molecular weight is 451 g/mol. The third-order valence-corrected chi connectivity index (χ3v) is 7.26. The summed E-state index contributed by atoms with van der Waals surface area (Å²) in [5.74, 6) is 0.547. The molecule has 0 N–H and O–H groups in total. The maximum Gasteiger partial charge on any atom is 0.314 e. The predicted molar refractivity (Wildman–Crippen MR) is 112 cm³/mol. The van der Waals surface area contributed by atoms with Crippen LogP contribution in [0.3, 0.4) is 0 Å². The smallest absolute Gasteiger partial charge is 0.314 e. The monoisotopic (exact) mass is 450 g/mol. The number of rotatable bonds is 7. The number of fused-ring (bicyclic) bond motifs is 1. The van der Waals surface area contributed by atoms with Gasteiger partial charge in [-0.2, -0.15) is 0 Å². The first-order valence-electron chi connectivity index (χ1n) is 8.94. The van der Waals surface area contributed by atoms with Crippen LogP contribution in [0.5, 0.6) is 11.5 Å². The molecule has 1 unspecified atom stereocenters. The zero-order chi connectivity index (χ0) is 22.2. The summed E-state index contributed by atoms with van der Waals surface area (Å²) in [6.45, 7) is 3.46. The second kappa shape index (κ2) is 7.92. The molecular formula is C20H22N2O6S2. The lowest BCUT2D eigenvalue weighted by Crippen LogP contribution is -2.32. The van der Waals surface area contributed by atoms with Crippen LogP contribution in [-0.4, -0.2) is 39.5 Å². The van der Waals surface area contributed by atoms with Crippen molar-refractivity contribution in [3.05, 3.63) is 53.2 Å². The third-order valence-electron chi connectivity index (χ3n) is 4.55. The van der Waals surface area contributed by atoms with Gasteiger partial charge < -0.3 is 14.2 Å². The highest BCUT2D eigenvalue weighted by molar-refractivity contribution is 8.06. The highest BCUT2D eigenvalue weighted by Crippen LogP contribution is 2.33. The first-order valence-corrected chi connectivity index (χ1v) is 10.9. The molecule has 1 aliphatic heterocycles. The second-order valence-electron chi connectivity index (χ2n) is 7.29. The van der Waals surface area contributed by atoms with Gasteiger partial charge in [0.1, 0.15) is 18.1 Å². The van der Waals surface area contributed by atoms with Gasteiger partial charge in [0.2, 0.25) is 9.84 Å². The van der Waals surface area contributed by atoms with Gasteiger partial charge in [0.05, 0.1) is 35.2 Å². The van der Waals surface area contributed by atoms with E-state index in [2.05, 4.69) is 22.6 Å². The van der Waals surface area contributed by atoms with Gasteiger partial charge in [0.25, 0.3) is 0 Å². The van der Waals surface area contributed by atoms with Crippen LogP contribution >= 0.6 is 12.6 Å². The minimum absolute atomic E-state index is 0.00986. The molecule has 2 aromatic carbocycles. The Labute approximate surface area is 179 Å². The SMILES string of the molecule is COC(=O)C(C)(C)COc1ccc(S(=O)(=O)C2(S)N=c3ccc(OC)cc3=N2)cc1. The lowest BCUT2D eigenvalue weighted by molar-refractivity contribution is -0.152. The van der Waals surface area contributed by atoms with Crippen molar-refractivity contribution < 1.29 is 27.4 Å². The molecular weight excluding hydrogens is 428 g/mol. The van der Waals surface area contributed by atoms with Crippen molar-refractivity contribution in [1.82, 2.24) is 0 Å². The van der Waals surface area contributed by atoms with Crippen LogP contribution in [0.4, 0.5) is 0 Å². The third kappa shape index (κ3) is 4.01. The Balaban J connectivity index is 1.84. The van der Waals surface area contributed by atoms with Crippen molar-refractivity contribution >= 4 is 28.4 Å². The molecule has 1 heterocycles. The lowest BCUT2D eigenvalue weighted by Gasteiger charge is -2.22. The Morgan fingerprint density at radius 2 is 1.63 bits per heavy atom. The molecule has 0 radical (unpaired) electrons. The number of hydrogen-bond acceptors (Lipinski definition) is 9. The number of ether oxygens (including phenoxy) is 3. The van der Waals surface area contributed by atoms with E-state index in [1.54, 1.807) is 32.0 Å². The largest absolute Gasteiger partial charge is 0.497 e. The van der Waals surface area contributed by atoms with Crippen molar-refractivity contribution in [2.45, 2.75) is 23.1 Å². The molecule has 0 bridgehead atoms. The van der Waals surface area contributed by atoms with E-state index >= 15 is 0 Å². The van der Waals surface area contributed by atoms with Gasteiger partial charge in [0, 0.05) is 6.07 Å². The summed E-state index contributed by atoms with van der Waals surface area (Å²) in [5.41, 5.74) is -0.844. The summed E-state index contributed by atoms with van der Waals surface area (Å²) >= 11 is 4.27. The summed E-state index contributed by atoms with van der Waals surface area (Å²) < 4.78 is 39.8. The minimum Gasteiger partial charge on any atom is -0.497 e. The highest BCUT2D eigenvalue weighted by atomic mass is 32.2. The van der Waals surface area contributed by atoms with E-state index in [0.717, 1.165) is 0 Å². The highest BCUT2D eigenvalue weighted by Gasteiger charge is 2.43. The van der Waals surface area contributed by atoms with Gasteiger partial charge in [0.15, 0.2) is 0 Å². The molecule has 0 saturated heterocycles. The topological polar surface area (TPSA) is 104 Å². The normalized spacial score (nSPS) is 18.0. The Hall–Kier alpha value is -2.59. The number of carbonyl (C=O) groups excluding carboxylic acids is 1. The van der Waals surface area contributed by atoms with Crippen LogP contribution in [0.15, 0.2) is 57.3 Å². The maximum absolute atomic E-state index is 13.1. The van der Waals surface area contributed by atoms with Crippen LogP contribution < -0.4 is 20.2 Å². The first-order chi connectivity index (χ1) is 14.0. The molecule has 10 heteroatoms. The van der Waals surface area contributed by atoms with Crippen molar-refractivity contribution in [3.63, 3.8) is 0 Å². The fraction of sp³-hybridized carbons (Fsp3) is 0.350. The molecule has 30 heavy (non-hydrogen) atoms. The molecule has 1 aliphatic rings. The van der Waals surface area contributed by atoms with Crippen LogP contribution in [0.2, 0.25) is 0 Å². The number of methoxy groups -OCH3 is 2. The summed E-state index contributed by atoms with van der Waals surface area (Å²) in [6, 6.07) is 10.7. The summed E-state index contributed by atoms with van der Waals surface area (Å²) in [7, 11) is -1.22. The fourth-order valence-corrected chi connectivity index (χ4v) is 4.52. The number of esters is 1. The van der Waals surface area contributed by atoms with Gasteiger partial charge in [-0.15, -0.1) is 12.6 Å². The summed E-state index contributed by atoms with van der Waals surface area (Å²) in [6.07, 6.45) is 0. The Morgan fingerprint density at radius 3 is 2.23 bits per heavy atom. The number of carbonyl (C=O) groups is 1. The summed E-state index contributed by atoms with van der Waals surface area (Å²) in [5, 5.41) is 0.803. The lowest BCUT2D eigenvalue weighted by atomic mass is 9.95. The van der Waals surface area contributed by atoms with Gasteiger partial charge in [-0.05, 0) is 50.2 Å². The van der Waals surface area contributed by atoms with Crippen LogP contribution in [0.1, 0.15) is 13.8 Å². The Morgan fingerprint density at radius 1 is 1.03 bits per heavy atom. The zero-order valence-corrected chi connectivity index (χ0v) is 18.7. The van der Waals surface area contributed by atoms with Crippen molar-refractivity contribution in [2.75, 3.05) is 20.8 Å². The van der Waals surface area contributed by atoms with E-state index in [1.165, 1.54) is 38.5 Å². The molecule has 160 valence electrons. The molecule has 3 rings (SSSR count). The van der Waals surface area contributed by atoms with Gasteiger partial charge in [-0.1, -0.05) is 0 Å². The Kier molecular flexibility index (Phi) is 5.83. The molecule has 1 atom stereocenters. The predicted octanol–water partition coefficient (Wildman–Crippen LogP) is 1.54. The van der Waals surface area contributed by atoms with Gasteiger partial charge in [-0.25, -0.2) is 18.4 Å². The first kappa shape index (κ1) is 22.1. The number of thiol groups is 1. The molecule has 0 aliphatic carbocycles. The van der Waals surface area contributed by atoms with E-state index in [-0.39, 0.29) is 11.5 Å².